The molecule has 1 aliphatic heterocycles. The van der Waals surface area contributed by atoms with Crippen molar-refractivity contribution in [3.63, 3.8) is 0 Å². The molecular weight excluding hydrogens is 314 g/mol. The molecule has 0 aliphatic carbocycles. The van der Waals surface area contributed by atoms with Gasteiger partial charge in [0, 0.05) is 0 Å². The number of hydrogen-bond acceptors (Lipinski definition) is 4. The van der Waals surface area contributed by atoms with Crippen molar-refractivity contribution in [3.8, 4) is 0 Å². The van der Waals surface area contributed by atoms with E-state index in [2.05, 4.69) is 9.62 Å². The maximum atomic E-state index is 11.1. The fourth-order valence-electron chi connectivity index (χ4n) is 3.01. The van der Waals surface area contributed by atoms with E-state index in [1.807, 2.05) is 0 Å². The largest absolute Gasteiger partial charge is 0.388 e. The first-order valence-electron chi connectivity index (χ1n) is 8.25. The van der Waals surface area contributed by atoms with Crippen molar-refractivity contribution in [1.82, 2.24) is 4.90 Å². The molecule has 6 nitrogen and oxygen atoms in total. The Balaban J connectivity index is 1.83. The Bertz CT molecular complexity index is 584. The van der Waals surface area contributed by atoms with Crippen molar-refractivity contribution >= 4 is 15.9 Å². The zero-order valence-corrected chi connectivity index (χ0v) is 14.3. The second-order valence-corrected chi connectivity index (χ2v) is 7.48. The Labute approximate surface area is 138 Å². The van der Waals surface area contributed by atoms with Gasteiger partial charge in [-0.15, -0.1) is 0 Å². The van der Waals surface area contributed by atoms with Gasteiger partial charge in [0.1, 0.15) is 0 Å². The Morgan fingerprint density at radius 3 is 2.57 bits per heavy atom. The van der Waals surface area contributed by atoms with Crippen molar-refractivity contribution < 1.29 is 13.5 Å². The molecule has 0 radical (unpaired) electrons. The summed E-state index contributed by atoms with van der Waals surface area (Å²) >= 11 is 0. The average Bonchev–Trinajstić information content (AvgIpc) is 2.74. The number of benzene rings is 1. The third-order valence-corrected chi connectivity index (χ3v) is 4.70. The number of nitrogens with zero attached hydrogens (tertiary/aromatic N) is 1. The molecule has 130 valence electrons. The Morgan fingerprint density at radius 2 is 1.91 bits per heavy atom. The number of nitrogens with one attached hydrogen (secondary N) is 1. The molecule has 1 atom stereocenters. The van der Waals surface area contributed by atoms with E-state index in [1.54, 1.807) is 24.3 Å². The second kappa shape index (κ2) is 8.63. The maximum Gasteiger partial charge on any atom is 0.296 e. The highest BCUT2D eigenvalue weighted by Gasteiger charge is 2.12. The molecule has 0 bridgehead atoms. The van der Waals surface area contributed by atoms with Crippen LogP contribution >= 0.6 is 0 Å². The van der Waals surface area contributed by atoms with E-state index in [1.165, 1.54) is 25.7 Å². The predicted octanol–water partition coefficient (Wildman–Crippen LogP) is 1.99. The van der Waals surface area contributed by atoms with Gasteiger partial charge in [-0.25, -0.2) is 5.14 Å². The lowest BCUT2D eigenvalue weighted by atomic mass is 10.0. The Kier molecular flexibility index (Phi) is 6.83. The minimum absolute atomic E-state index is 0.372. The lowest BCUT2D eigenvalue weighted by Gasteiger charge is -2.20. The highest BCUT2D eigenvalue weighted by atomic mass is 32.2. The second-order valence-electron chi connectivity index (χ2n) is 6.19. The van der Waals surface area contributed by atoms with Crippen LogP contribution in [0.1, 0.15) is 50.2 Å². The van der Waals surface area contributed by atoms with Crippen LogP contribution in [0.4, 0.5) is 5.69 Å². The molecule has 0 aromatic heterocycles. The van der Waals surface area contributed by atoms with E-state index in [0.29, 0.717) is 17.7 Å². The van der Waals surface area contributed by atoms with Crippen LogP contribution in [-0.2, 0) is 10.2 Å². The van der Waals surface area contributed by atoms with E-state index < -0.39 is 16.3 Å². The summed E-state index contributed by atoms with van der Waals surface area (Å²) in [4.78, 5) is 2.47. The van der Waals surface area contributed by atoms with Gasteiger partial charge in [0.05, 0.1) is 11.8 Å². The number of anilines is 1. The van der Waals surface area contributed by atoms with Crippen LogP contribution in [0, 0.1) is 0 Å². The maximum absolute atomic E-state index is 11.1. The number of hydrogen-bond donors (Lipinski definition) is 3. The van der Waals surface area contributed by atoms with Crippen LogP contribution in [0.5, 0.6) is 0 Å². The molecule has 4 N–H and O–H groups in total. The van der Waals surface area contributed by atoms with Crippen molar-refractivity contribution in [2.75, 3.05) is 24.4 Å². The number of aliphatic hydroxyl groups is 1. The van der Waals surface area contributed by atoms with Gasteiger partial charge in [-0.05, 0) is 63.0 Å². The number of likely N-dealkylation sites (tertiary alicyclic amines) is 1. The van der Waals surface area contributed by atoms with E-state index in [0.717, 1.165) is 26.1 Å². The van der Waals surface area contributed by atoms with E-state index in [9.17, 15) is 13.5 Å². The van der Waals surface area contributed by atoms with Gasteiger partial charge < -0.3 is 10.0 Å². The van der Waals surface area contributed by atoms with Crippen molar-refractivity contribution in [2.24, 2.45) is 5.14 Å². The summed E-state index contributed by atoms with van der Waals surface area (Å²) in [5.41, 5.74) is 1.08. The van der Waals surface area contributed by atoms with E-state index in [4.69, 9.17) is 5.14 Å². The van der Waals surface area contributed by atoms with Crippen molar-refractivity contribution in [2.45, 2.75) is 44.6 Å². The van der Waals surface area contributed by atoms with Gasteiger partial charge >= 0.3 is 0 Å². The molecule has 1 aromatic carbocycles. The smallest absolute Gasteiger partial charge is 0.296 e. The summed E-state index contributed by atoms with van der Waals surface area (Å²) in [6.45, 7) is 3.32. The Hall–Kier alpha value is -1.15. The van der Waals surface area contributed by atoms with Crippen LogP contribution in [-0.4, -0.2) is 38.1 Å². The monoisotopic (exact) mass is 341 g/mol. The molecule has 0 amide bonds. The van der Waals surface area contributed by atoms with Crippen LogP contribution in [0.3, 0.4) is 0 Å². The predicted molar refractivity (Wildman–Crippen MR) is 92.3 cm³/mol. The molecule has 1 saturated heterocycles. The molecule has 2 rings (SSSR count). The van der Waals surface area contributed by atoms with Crippen LogP contribution in [0.15, 0.2) is 24.3 Å². The minimum atomic E-state index is -3.79. The SMILES string of the molecule is NS(=O)(=O)Nc1cccc(C(O)CCCN2CCCCCC2)c1. The van der Waals surface area contributed by atoms with Gasteiger partial charge in [-0.2, -0.15) is 8.42 Å². The van der Waals surface area contributed by atoms with Gasteiger partial charge in [0.2, 0.25) is 0 Å². The zero-order chi connectivity index (χ0) is 16.7. The van der Waals surface area contributed by atoms with Crippen LogP contribution in [0.2, 0.25) is 0 Å². The van der Waals surface area contributed by atoms with Gasteiger partial charge in [-0.1, -0.05) is 25.0 Å². The molecule has 1 unspecified atom stereocenters. The number of rotatable bonds is 7. The summed E-state index contributed by atoms with van der Waals surface area (Å²) in [5, 5.41) is 15.3. The standard InChI is InChI=1S/C16H27N3O3S/c17-23(21,22)18-15-8-5-7-14(13-15)16(20)9-6-12-19-10-3-1-2-4-11-19/h5,7-8,13,16,18,20H,1-4,6,9-12H2,(H2,17,21,22). The quantitative estimate of drug-likeness (QED) is 0.707. The Morgan fingerprint density at radius 1 is 1.22 bits per heavy atom. The first kappa shape index (κ1) is 18.2. The molecule has 0 spiro atoms. The molecule has 0 saturated carbocycles. The molecule has 7 heteroatoms. The topological polar surface area (TPSA) is 95.7 Å². The summed E-state index contributed by atoms with van der Waals surface area (Å²) in [5.74, 6) is 0. The summed E-state index contributed by atoms with van der Waals surface area (Å²) in [6, 6.07) is 6.74. The van der Waals surface area contributed by atoms with Crippen LogP contribution < -0.4 is 9.86 Å². The third-order valence-electron chi connectivity index (χ3n) is 4.18. The van der Waals surface area contributed by atoms with E-state index in [-0.39, 0.29) is 0 Å². The highest BCUT2D eigenvalue weighted by Crippen LogP contribution is 2.22. The minimum Gasteiger partial charge on any atom is -0.388 e. The third kappa shape index (κ3) is 6.87. The zero-order valence-electron chi connectivity index (χ0n) is 13.4. The molecular formula is C16H27N3O3S. The lowest BCUT2D eigenvalue weighted by Crippen LogP contribution is -2.26. The molecule has 23 heavy (non-hydrogen) atoms. The summed E-state index contributed by atoms with van der Waals surface area (Å²) < 4.78 is 24.3. The average molecular weight is 341 g/mol. The number of aliphatic hydroxyl groups excluding tert-OH is 1. The summed E-state index contributed by atoms with van der Waals surface area (Å²) in [7, 11) is -3.79. The first-order chi connectivity index (χ1) is 10.9. The lowest BCUT2D eigenvalue weighted by molar-refractivity contribution is 0.156. The van der Waals surface area contributed by atoms with Crippen molar-refractivity contribution in [3.05, 3.63) is 29.8 Å². The van der Waals surface area contributed by atoms with Crippen molar-refractivity contribution in [1.29, 1.82) is 0 Å². The fourth-order valence-corrected chi connectivity index (χ4v) is 3.46. The normalized spacial score (nSPS) is 18.3. The van der Waals surface area contributed by atoms with Gasteiger partial charge in [-0.3, -0.25) is 4.72 Å². The first-order valence-corrected chi connectivity index (χ1v) is 9.79. The summed E-state index contributed by atoms with van der Waals surface area (Å²) in [6.07, 6.45) is 6.17. The van der Waals surface area contributed by atoms with Crippen LogP contribution in [0.25, 0.3) is 0 Å². The highest BCUT2D eigenvalue weighted by molar-refractivity contribution is 7.90. The molecule has 1 aromatic rings. The van der Waals surface area contributed by atoms with E-state index >= 15 is 0 Å². The number of nitrogens with two attached hydrogens (primary N) is 1. The molecule has 1 fully saturated rings. The molecule has 1 aliphatic rings. The van der Waals surface area contributed by atoms with Gasteiger partial charge in [0.25, 0.3) is 10.2 Å². The molecule has 1 heterocycles. The van der Waals surface area contributed by atoms with Gasteiger partial charge in [0.15, 0.2) is 0 Å². The fraction of sp³-hybridized carbons (Fsp3) is 0.625.